The molecule has 0 spiro atoms. The second-order valence-electron chi connectivity index (χ2n) is 6.07. The smallest absolute Gasteiger partial charge is 0.278 e. The number of methoxy groups -OCH3 is 3. The van der Waals surface area contributed by atoms with E-state index in [4.69, 9.17) is 18.9 Å². The van der Waals surface area contributed by atoms with E-state index in [0.29, 0.717) is 41.9 Å². The molecule has 3 rings (SSSR count). The van der Waals surface area contributed by atoms with Crippen molar-refractivity contribution in [2.45, 2.75) is 18.9 Å². The lowest BCUT2D eigenvalue weighted by atomic mass is 10.1. The second-order valence-corrected chi connectivity index (χ2v) is 6.07. The molecule has 1 atom stereocenters. The number of likely N-dealkylation sites (tertiary alicyclic amines) is 1. The van der Waals surface area contributed by atoms with E-state index >= 15 is 0 Å². The lowest BCUT2D eigenvalue weighted by Crippen LogP contribution is -2.44. The van der Waals surface area contributed by atoms with Crippen LogP contribution in [0.3, 0.4) is 0 Å². The van der Waals surface area contributed by atoms with Gasteiger partial charge in [-0.05, 0) is 31.0 Å². The van der Waals surface area contributed by atoms with E-state index in [1.54, 1.807) is 49.7 Å². The summed E-state index contributed by atoms with van der Waals surface area (Å²) in [5, 5.41) is 0. The van der Waals surface area contributed by atoms with Gasteiger partial charge in [-0.15, -0.1) is 0 Å². The molecule has 1 aliphatic heterocycles. The van der Waals surface area contributed by atoms with Crippen molar-refractivity contribution in [3.8, 4) is 23.3 Å². The Kier molecular flexibility index (Phi) is 5.95. The Morgan fingerprint density at radius 2 is 1.78 bits per heavy atom. The van der Waals surface area contributed by atoms with Gasteiger partial charge in [-0.3, -0.25) is 4.79 Å². The van der Waals surface area contributed by atoms with E-state index in [1.807, 2.05) is 0 Å². The summed E-state index contributed by atoms with van der Waals surface area (Å²) >= 11 is 0. The summed E-state index contributed by atoms with van der Waals surface area (Å²) in [4.78, 5) is 22.9. The van der Waals surface area contributed by atoms with Crippen molar-refractivity contribution in [2.24, 2.45) is 0 Å². The lowest BCUT2D eigenvalue weighted by Gasteiger charge is -2.32. The first-order valence-corrected chi connectivity index (χ1v) is 8.69. The van der Waals surface area contributed by atoms with Crippen LogP contribution in [0, 0.1) is 0 Å². The molecule has 1 fully saturated rings. The average Bonchev–Trinajstić information content (AvgIpc) is 2.73. The molecule has 8 nitrogen and oxygen atoms in total. The average molecular weight is 373 g/mol. The Bertz CT molecular complexity index is 799. The summed E-state index contributed by atoms with van der Waals surface area (Å²) in [6.45, 7) is 1.14. The molecule has 0 saturated carbocycles. The first-order chi connectivity index (χ1) is 13.2. The number of piperidine rings is 1. The zero-order chi connectivity index (χ0) is 19.2. The van der Waals surface area contributed by atoms with Gasteiger partial charge in [-0.2, -0.15) is 0 Å². The van der Waals surface area contributed by atoms with Gasteiger partial charge >= 0.3 is 0 Å². The van der Waals surface area contributed by atoms with Crippen LogP contribution in [0.4, 0.5) is 0 Å². The maximum absolute atomic E-state index is 12.9. The quantitative estimate of drug-likeness (QED) is 0.767. The summed E-state index contributed by atoms with van der Waals surface area (Å²) in [5.41, 5.74) is 0.547. The summed E-state index contributed by atoms with van der Waals surface area (Å²) in [7, 11) is 4.63. The molecular weight excluding hydrogens is 350 g/mol. The van der Waals surface area contributed by atoms with E-state index in [9.17, 15) is 4.79 Å². The van der Waals surface area contributed by atoms with Crippen LogP contribution in [0.5, 0.6) is 23.3 Å². The first-order valence-electron chi connectivity index (χ1n) is 8.69. The molecule has 144 valence electrons. The van der Waals surface area contributed by atoms with Gasteiger partial charge in [0.15, 0.2) is 11.5 Å². The van der Waals surface area contributed by atoms with Gasteiger partial charge in [0.2, 0.25) is 0 Å². The van der Waals surface area contributed by atoms with Crippen molar-refractivity contribution in [1.29, 1.82) is 0 Å². The van der Waals surface area contributed by atoms with Crippen LogP contribution in [0.15, 0.2) is 30.6 Å². The number of aromatic nitrogens is 2. The molecule has 8 heteroatoms. The second kappa shape index (κ2) is 8.57. The Morgan fingerprint density at radius 3 is 2.48 bits per heavy atom. The van der Waals surface area contributed by atoms with Crippen molar-refractivity contribution >= 4 is 5.91 Å². The lowest BCUT2D eigenvalue weighted by molar-refractivity contribution is 0.0519. The maximum atomic E-state index is 12.9. The van der Waals surface area contributed by atoms with Crippen LogP contribution < -0.4 is 18.9 Å². The van der Waals surface area contributed by atoms with E-state index in [0.717, 1.165) is 12.8 Å². The SMILES string of the molecule is COc1ccc(C(=O)N2CCCC(Oc3nccnc3OC)C2)cc1OC. The molecule has 1 unspecified atom stereocenters. The predicted molar refractivity (Wildman–Crippen MR) is 97.7 cm³/mol. The van der Waals surface area contributed by atoms with Gasteiger partial charge in [-0.1, -0.05) is 0 Å². The molecular formula is C19H23N3O5. The van der Waals surface area contributed by atoms with Crippen LogP contribution in [0.2, 0.25) is 0 Å². The number of hydrogen-bond acceptors (Lipinski definition) is 7. The largest absolute Gasteiger partial charge is 0.493 e. The number of hydrogen-bond donors (Lipinski definition) is 0. The van der Waals surface area contributed by atoms with Crippen LogP contribution >= 0.6 is 0 Å². The van der Waals surface area contributed by atoms with Crippen molar-refractivity contribution in [2.75, 3.05) is 34.4 Å². The van der Waals surface area contributed by atoms with Crippen LogP contribution in [-0.4, -0.2) is 61.3 Å². The van der Waals surface area contributed by atoms with Crippen molar-refractivity contribution in [3.63, 3.8) is 0 Å². The molecule has 2 aromatic rings. The minimum absolute atomic E-state index is 0.0737. The number of rotatable bonds is 6. The van der Waals surface area contributed by atoms with E-state index < -0.39 is 0 Å². The summed E-state index contributed by atoms with van der Waals surface area (Å²) in [6, 6.07) is 5.16. The first kappa shape index (κ1) is 18.8. The van der Waals surface area contributed by atoms with Gasteiger partial charge in [0.05, 0.1) is 27.9 Å². The molecule has 1 aromatic heterocycles. The number of amides is 1. The molecule has 2 heterocycles. The zero-order valence-electron chi connectivity index (χ0n) is 15.7. The minimum Gasteiger partial charge on any atom is -0.493 e. The highest BCUT2D eigenvalue weighted by Crippen LogP contribution is 2.29. The molecule has 0 aliphatic carbocycles. The van der Waals surface area contributed by atoms with Gasteiger partial charge in [0.25, 0.3) is 17.7 Å². The Hall–Kier alpha value is -3.03. The van der Waals surface area contributed by atoms with E-state index in [-0.39, 0.29) is 12.0 Å². The molecule has 0 N–H and O–H groups in total. The Morgan fingerprint density at radius 1 is 1.04 bits per heavy atom. The van der Waals surface area contributed by atoms with Gasteiger partial charge in [-0.25, -0.2) is 9.97 Å². The highest BCUT2D eigenvalue weighted by molar-refractivity contribution is 5.95. The molecule has 1 amide bonds. The number of nitrogens with zero attached hydrogens (tertiary/aromatic N) is 3. The topological polar surface area (TPSA) is 83.0 Å². The molecule has 1 saturated heterocycles. The normalized spacial score (nSPS) is 16.6. The molecule has 0 bridgehead atoms. The number of benzene rings is 1. The number of ether oxygens (including phenoxy) is 4. The predicted octanol–water partition coefficient (Wildman–Crippen LogP) is 2.19. The molecule has 27 heavy (non-hydrogen) atoms. The Balaban J connectivity index is 1.71. The third-order valence-electron chi connectivity index (χ3n) is 4.40. The summed E-state index contributed by atoms with van der Waals surface area (Å²) < 4.78 is 21.6. The van der Waals surface area contributed by atoms with Crippen molar-refractivity contribution in [3.05, 3.63) is 36.2 Å². The fraction of sp³-hybridized carbons (Fsp3) is 0.421. The van der Waals surface area contributed by atoms with Crippen LogP contribution in [-0.2, 0) is 0 Å². The van der Waals surface area contributed by atoms with Crippen molar-refractivity contribution in [1.82, 2.24) is 14.9 Å². The summed E-state index contributed by atoms with van der Waals surface area (Å²) in [5.74, 6) is 1.71. The van der Waals surface area contributed by atoms with Crippen LogP contribution in [0.25, 0.3) is 0 Å². The third-order valence-corrected chi connectivity index (χ3v) is 4.40. The molecule has 1 aliphatic rings. The standard InChI is InChI=1S/C19H23N3O5/c1-24-15-7-6-13(11-16(15)25-2)19(23)22-10-4-5-14(12-22)27-18-17(26-3)20-8-9-21-18/h6-9,11,14H,4-5,10,12H2,1-3H3. The fourth-order valence-corrected chi connectivity index (χ4v) is 3.06. The monoisotopic (exact) mass is 373 g/mol. The van der Waals surface area contributed by atoms with Crippen LogP contribution in [0.1, 0.15) is 23.2 Å². The highest BCUT2D eigenvalue weighted by Gasteiger charge is 2.27. The maximum Gasteiger partial charge on any atom is 0.278 e. The third kappa shape index (κ3) is 4.21. The zero-order valence-corrected chi connectivity index (χ0v) is 15.7. The summed E-state index contributed by atoms with van der Waals surface area (Å²) in [6.07, 6.45) is 4.59. The van der Waals surface area contributed by atoms with Gasteiger partial charge in [0, 0.05) is 24.5 Å². The number of carbonyl (C=O) groups is 1. The number of carbonyl (C=O) groups excluding carboxylic acids is 1. The van der Waals surface area contributed by atoms with E-state index in [1.165, 1.54) is 7.11 Å². The fourth-order valence-electron chi connectivity index (χ4n) is 3.06. The van der Waals surface area contributed by atoms with E-state index in [2.05, 4.69) is 9.97 Å². The Labute approximate surface area is 158 Å². The van der Waals surface area contributed by atoms with Gasteiger partial charge in [0.1, 0.15) is 6.10 Å². The molecule has 0 radical (unpaired) electrons. The molecule has 1 aromatic carbocycles. The minimum atomic E-state index is -0.173. The van der Waals surface area contributed by atoms with Crippen molar-refractivity contribution < 1.29 is 23.7 Å². The highest BCUT2D eigenvalue weighted by atomic mass is 16.5. The van der Waals surface area contributed by atoms with Gasteiger partial charge < -0.3 is 23.8 Å².